The molecule has 0 aromatic rings. The number of carbonyl (C=O) groups is 2. The van der Waals surface area contributed by atoms with E-state index in [1.165, 1.54) is 0 Å². The second-order valence-electron chi connectivity index (χ2n) is 6.19. The first-order valence-electron chi connectivity index (χ1n) is 7.91. The molecule has 0 spiro atoms. The summed E-state index contributed by atoms with van der Waals surface area (Å²) in [7, 11) is 0. The van der Waals surface area contributed by atoms with Gasteiger partial charge < -0.3 is 15.1 Å². The number of carbonyl (C=O) groups excluding carboxylic acids is 1. The lowest BCUT2D eigenvalue weighted by Crippen LogP contribution is -2.51. The number of rotatable bonds is 5. The molecule has 1 aliphatic carbocycles. The number of hydrogen-bond acceptors (Lipinski definition) is 4. The summed E-state index contributed by atoms with van der Waals surface area (Å²) in [5.74, 6) is -1.32. The second kappa shape index (κ2) is 7.22. The van der Waals surface area contributed by atoms with E-state index in [2.05, 4.69) is 11.8 Å². The third-order valence-corrected chi connectivity index (χ3v) is 4.97. The van der Waals surface area contributed by atoms with Gasteiger partial charge in [-0.05, 0) is 18.8 Å². The van der Waals surface area contributed by atoms with Crippen LogP contribution >= 0.6 is 0 Å². The van der Waals surface area contributed by atoms with Crippen molar-refractivity contribution in [3.63, 3.8) is 0 Å². The Labute approximate surface area is 125 Å². The predicted molar refractivity (Wildman–Crippen MR) is 77.7 cm³/mol. The molecule has 0 aromatic carbocycles. The minimum Gasteiger partial charge on any atom is -0.481 e. The molecule has 2 rings (SSSR count). The van der Waals surface area contributed by atoms with E-state index in [0.29, 0.717) is 38.4 Å². The van der Waals surface area contributed by atoms with Gasteiger partial charge in [0.05, 0.1) is 18.4 Å². The third kappa shape index (κ3) is 3.74. The topological polar surface area (TPSA) is 81.1 Å². The monoisotopic (exact) mass is 298 g/mol. The van der Waals surface area contributed by atoms with Gasteiger partial charge in [-0.1, -0.05) is 13.3 Å². The van der Waals surface area contributed by atoms with Gasteiger partial charge in [0, 0.05) is 32.7 Å². The van der Waals surface area contributed by atoms with Gasteiger partial charge in [-0.25, -0.2) is 0 Å². The molecule has 2 fully saturated rings. The van der Waals surface area contributed by atoms with Gasteiger partial charge in [-0.2, -0.15) is 0 Å². The van der Waals surface area contributed by atoms with Gasteiger partial charge in [0.2, 0.25) is 5.91 Å². The Hall–Kier alpha value is -1.14. The van der Waals surface area contributed by atoms with Crippen LogP contribution in [0.2, 0.25) is 0 Å². The first-order chi connectivity index (χ1) is 10.1. The standard InChI is InChI=1S/C15H26N2O4/c1-2-11-9-12(13(10-11)15(20)21)14(19)17-5-3-16(4-6-17)7-8-18/h11-13,18H,2-10H2,1H3,(H,20,21)/t11?,12-,13+/m0/s1. The van der Waals surface area contributed by atoms with Crippen LogP contribution in [-0.4, -0.2) is 71.2 Å². The lowest BCUT2D eigenvalue weighted by atomic mass is 9.94. The lowest BCUT2D eigenvalue weighted by molar-refractivity contribution is -0.149. The summed E-state index contributed by atoms with van der Waals surface area (Å²) >= 11 is 0. The van der Waals surface area contributed by atoms with Crippen LogP contribution in [0.25, 0.3) is 0 Å². The van der Waals surface area contributed by atoms with E-state index in [4.69, 9.17) is 5.11 Å². The zero-order valence-corrected chi connectivity index (χ0v) is 12.7. The smallest absolute Gasteiger partial charge is 0.307 e. The van der Waals surface area contributed by atoms with Crippen LogP contribution in [0, 0.1) is 17.8 Å². The second-order valence-corrected chi connectivity index (χ2v) is 6.19. The molecule has 120 valence electrons. The number of nitrogens with zero attached hydrogens (tertiary/aromatic N) is 2. The number of β-amino-alcohol motifs (C(OH)–C–C–N with tert-alkyl or cyclic N) is 1. The van der Waals surface area contributed by atoms with Crippen LogP contribution in [0.4, 0.5) is 0 Å². The Morgan fingerprint density at radius 2 is 1.71 bits per heavy atom. The Bertz CT molecular complexity index is 380. The molecule has 2 N–H and O–H groups in total. The summed E-state index contributed by atoms with van der Waals surface area (Å²) in [5.41, 5.74) is 0. The highest BCUT2D eigenvalue weighted by molar-refractivity contribution is 5.85. The third-order valence-electron chi connectivity index (χ3n) is 4.97. The minimum atomic E-state index is -0.830. The maximum absolute atomic E-state index is 12.6. The molecular formula is C15H26N2O4. The number of piperazine rings is 1. The average molecular weight is 298 g/mol. The van der Waals surface area contributed by atoms with Crippen LogP contribution < -0.4 is 0 Å². The van der Waals surface area contributed by atoms with Crippen LogP contribution in [-0.2, 0) is 9.59 Å². The van der Waals surface area contributed by atoms with Gasteiger partial charge in [0.1, 0.15) is 0 Å². The summed E-state index contributed by atoms with van der Waals surface area (Å²) in [4.78, 5) is 28.0. The van der Waals surface area contributed by atoms with Crippen molar-refractivity contribution in [1.29, 1.82) is 0 Å². The van der Waals surface area contributed by atoms with E-state index in [0.717, 1.165) is 19.5 Å². The van der Waals surface area contributed by atoms with Crippen molar-refractivity contribution in [3.05, 3.63) is 0 Å². The number of carboxylic acid groups (broad SMARTS) is 1. The highest BCUT2D eigenvalue weighted by Crippen LogP contribution is 2.39. The number of carboxylic acids is 1. The molecule has 1 amide bonds. The van der Waals surface area contributed by atoms with Crippen molar-refractivity contribution >= 4 is 11.9 Å². The normalized spacial score (nSPS) is 30.6. The van der Waals surface area contributed by atoms with E-state index < -0.39 is 11.9 Å². The van der Waals surface area contributed by atoms with Crippen LogP contribution in [0.15, 0.2) is 0 Å². The average Bonchev–Trinajstić information content (AvgIpc) is 2.92. The molecule has 1 saturated heterocycles. The quantitative estimate of drug-likeness (QED) is 0.761. The summed E-state index contributed by atoms with van der Waals surface area (Å²) in [6.07, 6.45) is 2.29. The number of hydrogen-bond donors (Lipinski definition) is 2. The van der Waals surface area contributed by atoms with E-state index >= 15 is 0 Å². The van der Waals surface area contributed by atoms with Crippen molar-refractivity contribution in [3.8, 4) is 0 Å². The van der Waals surface area contributed by atoms with Gasteiger partial charge in [0.15, 0.2) is 0 Å². The van der Waals surface area contributed by atoms with Gasteiger partial charge in [-0.3, -0.25) is 14.5 Å². The first-order valence-corrected chi connectivity index (χ1v) is 7.91. The lowest BCUT2D eigenvalue weighted by Gasteiger charge is -2.36. The molecule has 3 atom stereocenters. The Morgan fingerprint density at radius 1 is 1.10 bits per heavy atom. The predicted octanol–water partition coefficient (Wildman–Crippen LogP) is 0.260. The molecule has 6 heteroatoms. The zero-order chi connectivity index (χ0) is 15.4. The van der Waals surface area contributed by atoms with E-state index in [1.54, 1.807) is 0 Å². The molecule has 1 heterocycles. The molecule has 2 aliphatic rings. The number of aliphatic hydroxyl groups is 1. The fourth-order valence-electron chi connectivity index (χ4n) is 3.59. The SMILES string of the molecule is CCC1C[C@H](C(=O)N2CCN(CCO)CC2)[C@H](C(=O)O)C1. The fourth-order valence-corrected chi connectivity index (χ4v) is 3.59. The summed E-state index contributed by atoms with van der Waals surface area (Å²) in [5, 5.41) is 18.3. The van der Waals surface area contributed by atoms with Crippen molar-refractivity contribution in [2.45, 2.75) is 26.2 Å². The molecule has 0 bridgehead atoms. The van der Waals surface area contributed by atoms with E-state index in [9.17, 15) is 14.7 Å². The molecule has 0 aromatic heterocycles. The van der Waals surface area contributed by atoms with Crippen molar-refractivity contribution in [2.24, 2.45) is 17.8 Å². The Kier molecular flexibility index (Phi) is 5.58. The number of aliphatic hydroxyl groups excluding tert-OH is 1. The van der Waals surface area contributed by atoms with Crippen LogP contribution in [0.3, 0.4) is 0 Å². The van der Waals surface area contributed by atoms with E-state index in [-0.39, 0.29) is 18.4 Å². The van der Waals surface area contributed by atoms with Crippen molar-refractivity contribution < 1.29 is 19.8 Å². The molecular weight excluding hydrogens is 272 g/mol. The molecule has 1 saturated carbocycles. The van der Waals surface area contributed by atoms with E-state index in [1.807, 2.05) is 4.90 Å². The van der Waals surface area contributed by atoms with Crippen LogP contribution in [0.1, 0.15) is 26.2 Å². The molecule has 6 nitrogen and oxygen atoms in total. The van der Waals surface area contributed by atoms with Gasteiger partial charge >= 0.3 is 5.97 Å². The van der Waals surface area contributed by atoms with Crippen molar-refractivity contribution in [1.82, 2.24) is 9.80 Å². The molecule has 1 unspecified atom stereocenters. The zero-order valence-electron chi connectivity index (χ0n) is 12.7. The largest absolute Gasteiger partial charge is 0.481 e. The highest BCUT2D eigenvalue weighted by atomic mass is 16.4. The van der Waals surface area contributed by atoms with Crippen LogP contribution in [0.5, 0.6) is 0 Å². The highest BCUT2D eigenvalue weighted by Gasteiger charge is 2.43. The number of aliphatic carboxylic acids is 1. The van der Waals surface area contributed by atoms with Gasteiger partial charge in [0.25, 0.3) is 0 Å². The molecule has 21 heavy (non-hydrogen) atoms. The van der Waals surface area contributed by atoms with Crippen molar-refractivity contribution in [2.75, 3.05) is 39.3 Å². The Balaban J connectivity index is 1.94. The summed E-state index contributed by atoms with van der Waals surface area (Å²) < 4.78 is 0. The fraction of sp³-hybridized carbons (Fsp3) is 0.867. The maximum atomic E-state index is 12.6. The number of amides is 1. The molecule has 0 radical (unpaired) electrons. The summed E-state index contributed by atoms with van der Waals surface area (Å²) in [6.45, 7) is 5.62. The summed E-state index contributed by atoms with van der Waals surface area (Å²) in [6, 6.07) is 0. The van der Waals surface area contributed by atoms with Gasteiger partial charge in [-0.15, -0.1) is 0 Å². The molecule has 1 aliphatic heterocycles. The Morgan fingerprint density at radius 3 is 2.24 bits per heavy atom. The first kappa shape index (κ1) is 16.2. The maximum Gasteiger partial charge on any atom is 0.307 e. The minimum absolute atomic E-state index is 0.0157.